The van der Waals surface area contributed by atoms with E-state index in [2.05, 4.69) is 10.6 Å². The van der Waals surface area contributed by atoms with E-state index in [0.717, 1.165) is 17.7 Å². The molecule has 0 radical (unpaired) electrons. The van der Waals surface area contributed by atoms with Gasteiger partial charge in [0.25, 0.3) is 0 Å². The third kappa shape index (κ3) is 5.21. The third-order valence-electron chi connectivity index (χ3n) is 2.99. The average Bonchev–Trinajstić information content (AvgIpc) is 2.80. The lowest BCUT2D eigenvalue weighted by molar-refractivity contribution is -0.139. The zero-order valence-corrected chi connectivity index (χ0v) is 12.9. The first kappa shape index (κ1) is 16.5. The van der Waals surface area contributed by atoms with Gasteiger partial charge >= 0.3 is 12.0 Å². The van der Waals surface area contributed by atoms with Gasteiger partial charge in [-0.2, -0.15) is 0 Å². The van der Waals surface area contributed by atoms with Crippen molar-refractivity contribution in [2.24, 2.45) is 0 Å². The van der Waals surface area contributed by atoms with Crippen LogP contribution < -0.4 is 10.6 Å². The number of aliphatic carboxylic acids is 1. The molecule has 0 fully saturated rings. The van der Waals surface area contributed by atoms with E-state index in [-0.39, 0.29) is 6.04 Å². The Morgan fingerprint density at radius 3 is 2.55 bits per heavy atom. The van der Waals surface area contributed by atoms with Crippen molar-refractivity contribution in [1.82, 2.24) is 10.6 Å². The van der Waals surface area contributed by atoms with Crippen molar-refractivity contribution >= 4 is 23.3 Å². The normalized spacial score (nSPS) is 13.6. The number of rotatable bonds is 7. The summed E-state index contributed by atoms with van der Waals surface area (Å²) in [7, 11) is 0. The van der Waals surface area contributed by atoms with Gasteiger partial charge in [-0.3, -0.25) is 0 Å². The Hall–Kier alpha value is -1.56. The molecular formula is C14H22N2O3S. The molecule has 112 valence electrons. The van der Waals surface area contributed by atoms with E-state index in [0.29, 0.717) is 6.42 Å². The van der Waals surface area contributed by atoms with Gasteiger partial charge in [-0.1, -0.05) is 19.8 Å². The minimum Gasteiger partial charge on any atom is -0.480 e. The first-order valence-electron chi connectivity index (χ1n) is 6.80. The smallest absolute Gasteiger partial charge is 0.326 e. The van der Waals surface area contributed by atoms with E-state index in [9.17, 15) is 9.59 Å². The zero-order valence-electron chi connectivity index (χ0n) is 12.1. The van der Waals surface area contributed by atoms with Gasteiger partial charge in [0, 0.05) is 9.75 Å². The van der Waals surface area contributed by atoms with Crippen LogP contribution >= 0.6 is 11.3 Å². The van der Waals surface area contributed by atoms with Crippen LogP contribution in [0, 0.1) is 6.92 Å². The molecule has 0 saturated carbocycles. The predicted molar refractivity (Wildman–Crippen MR) is 80.1 cm³/mol. The predicted octanol–water partition coefficient (Wildman–Crippen LogP) is 3.06. The molecule has 1 rings (SSSR count). The summed E-state index contributed by atoms with van der Waals surface area (Å²) in [5.74, 6) is -0.992. The third-order valence-corrected chi connectivity index (χ3v) is 4.17. The molecule has 0 aliphatic heterocycles. The molecule has 0 aliphatic carbocycles. The Morgan fingerprint density at radius 1 is 1.35 bits per heavy atom. The quantitative estimate of drug-likeness (QED) is 0.724. The van der Waals surface area contributed by atoms with Crippen LogP contribution in [0.3, 0.4) is 0 Å². The number of hydrogen-bond acceptors (Lipinski definition) is 3. The lowest BCUT2D eigenvalue weighted by atomic mass is 10.1. The van der Waals surface area contributed by atoms with Gasteiger partial charge in [-0.05, 0) is 32.4 Å². The summed E-state index contributed by atoms with van der Waals surface area (Å²) in [6.45, 7) is 5.87. The van der Waals surface area contributed by atoms with Crippen LogP contribution in [0.15, 0.2) is 12.1 Å². The highest BCUT2D eigenvalue weighted by molar-refractivity contribution is 7.12. The van der Waals surface area contributed by atoms with Crippen LogP contribution in [-0.4, -0.2) is 23.1 Å². The van der Waals surface area contributed by atoms with Gasteiger partial charge in [-0.25, -0.2) is 9.59 Å². The average molecular weight is 298 g/mol. The van der Waals surface area contributed by atoms with Gasteiger partial charge in [0.2, 0.25) is 0 Å². The van der Waals surface area contributed by atoms with Crippen molar-refractivity contribution in [2.45, 2.75) is 52.1 Å². The van der Waals surface area contributed by atoms with Crippen LogP contribution in [0.1, 0.15) is 48.9 Å². The molecule has 20 heavy (non-hydrogen) atoms. The fourth-order valence-electron chi connectivity index (χ4n) is 1.82. The van der Waals surface area contributed by atoms with Crippen LogP contribution in [-0.2, 0) is 4.79 Å². The summed E-state index contributed by atoms with van der Waals surface area (Å²) in [4.78, 5) is 25.1. The van der Waals surface area contributed by atoms with E-state index in [1.54, 1.807) is 11.3 Å². The van der Waals surface area contributed by atoms with Crippen molar-refractivity contribution in [1.29, 1.82) is 0 Å². The summed E-state index contributed by atoms with van der Waals surface area (Å²) in [5.41, 5.74) is 0. The molecule has 2 atom stereocenters. The van der Waals surface area contributed by atoms with Crippen molar-refractivity contribution in [3.05, 3.63) is 21.9 Å². The maximum atomic E-state index is 11.8. The number of carboxylic acid groups (broad SMARTS) is 1. The van der Waals surface area contributed by atoms with E-state index >= 15 is 0 Å². The summed E-state index contributed by atoms with van der Waals surface area (Å²) >= 11 is 1.62. The summed E-state index contributed by atoms with van der Waals surface area (Å²) < 4.78 is 0. The number of carboxylic acids is 1. The minimum atomic E-state index is -0.992. The molecule has 0 aromatic carbocycles. The van der Waals surface area contributed by atoms with E-state index in [1.807, 2.05) is 32.9 Å². The highest BCUT2D eigenvalue weighted by atomic mass is 32.1. The van der Waals surface area contributed by atoms with Gasteiger partial charge in [0.1, 0.15) is 6.04 Å². The van der Waals surface area contributed by atoms with Crippen molar-refractivity contribution in [3.63, 3.8) is 0 Å². The molecule has 0 saturated heterocycles. The number of unbranched alkanes of at least 4 members (excludes halogenated alkanes) is 1. The lowest BCUT2D eigenvalue weighted by Crippen LogP contribution is -2.46. The molecule has 1 aromatic heterocycles. The Bertz CT molecular complexity index is 459. The second-order valence-corrected chi connectivity index (χ2v) is 6.14. The van der Waals surface area contributed by atoms with Gasteiger partial charge in [0.15, 0.2) is 0 Å². The monoisotopic (exact) mass is 298 g/mol. The summed E-state index contributed by atoms with van der Waals surface area (Å²) in [5, 5.41) is 14.3. The molecular weight excluding hydrogens is 276 g/mol. The highest BCUT2D eigenvalue weighted by Gasteiger charge is 2.20. The molecule has 1 heterocycles. The fraction of sp³-hybridized carbons (Fsp3) is 0.571. The molecule has 5 nitrogen and oxygen atoms in total. The van der Waals surface area contributed by atoms with Crippen molar-refractivity contribution in [3.8, 4) is 0 Å². The minimum absolute atomic E-state index is 0.130. The SMILES string of the molecule is CCCCC(NC(=O)NC(C)c1ccc(C)s1)C(=O)O. The summed E-state index contributed by atoms with van der Waals surface area (Å²) in [6, 6.07) is 2.57. The van der Waals surface area contributed by atoms with Crippen LogP contribution in [0.25, 0.3) is 0 Å². The molecule has 0 aliphatic rings. The Balaban J connectivity index is 2.50. The zero-order chi connectivity index (χ0) is 15.1. The maximum absolute atomic E-state index is 11.8. The number of hydrogen-bond donors (Lipinski definition) is 3. The fourth-order valence-corrected chi connectivity index (χ4v) is 2.70. The van der Waals surface area contributed by atoms with Gasteiger partial charge in [0.05, 0.1) is 6.04 Å². The molecule has 1 aromatic rings. The van der Waals surface area contributed by atoms with E-state index in [1.165, 1.54) is 4.88 Å². The lowest BCUT2D eigenvalue weighted by Gasteiger charge is -2.17. The highest BCUT2D eigenvalue weighted by Crippen LogP contribution is 2.22. The number of thiophene rings is 1. The van der Waals surface area contributed by atoms with E-state index < -0.39 is 18.0 Å². The van der Waals surface area contributed by atoms with Crippen LogP contribution in [0.2, 0.25) is 0 Å². The first-order valence-corrected chi connectivity index (χ1v) is 7.61. The molecule has 2 unspecified atom stereocenters. The molecule has 0 bridgehead atoms. The topological polar surface area (TPSA) is 78.4 Å². The number of amides is 2. The number of nitrogens with one attached hydrogen (secondary N) is 2. The Morgan fingerprint density at radius 2 is 2.05 bits per heavy atom. The van der Waals surface area contributed by atoms with Crippen molar-refractivity contribution < 1.29 is 14.7 Å². The van der Waals surface area contributed by atoms with E-state index in [4.69, 9.17) is 5.11 Å². The maximum Gasteiger partial charge on any atom is 0.326 e. The van der Waals surface area contributed by atoms with Crippen molar-refractivity contribution in [2.75, 3.05) is 0 Å². The first-order chi connectivity index (χ1) is 9.43. The van der Waals surface area contributed by atoms with Crippen LogP contribution in [0.4, 0.5) is 4.79 Å². The Kier molecular flexibility index (Phi) is 6.51. The largest absolute Gasteiger partial charge is 0.480 e. The van der Waals surface area contributed by atoms with Gasteiger partial charge in [-0.15, -0.1) is 11.3 Å². The molecule has 6 heteroatoms. The van der Waals surface area contributed by atoms with Crippen LogP contribution in [0.5, 0.6) is 0 Å². The standard InChI is InChI=1S/C14H22N2O3S/c1-4-5-6-11(13(17)18)16-14(19)15-10(3)12-8-7-9(2)20-12/h7-8,10-11H,4-6H2,1-3H3,(H,17,18)(H2,15,16,19). The second-order valence-electron chi connectivity index (χ2n) is 4.82. The molecule has 0 spiro atoms. The molecule has 2 amide bonds. The second kappa shape index (κ2) is 7.89. The Labute approximate surface area is 123 Å². The number of carbonyl (C=O) groups is 2. The number of carbonyl (C=O) groups excluding carboxylic acids is 1. The number of urea groups is 1. The molecule has 3 N–H and O–H groups in total. The van der Waals surface area contributed by atoms with Gasteiger partial charge < -0.3 is 15.7 Å². The number of aryl methyl sites for hydroxylation is 1. The summed E-state index contributed by atoms with van der Waals surface area (Å²) in [6.07, 6.45) is 2.13.